The Morgan fingerprint density at radius 2 is 1.76 bits per heavy atom. The van der Waals surface area contributed by atoms with Crippen molar-refractivity contribution in [3.63, 3.8) is 0 Å². The lowest BCUT2D eigenvalue weighted by molar-refractivity contribution is -0.117. The molecule has 2 N–H and O–H groups in total. The van der Waals surface area contributed by atoms with Crippen molar-refractivity contribution in [1.29, 1.82) is 0 Å². The van der Waals surface area contributed by atoms with Gasteiger partial charge in [-0.2, -0.15) is 0 Å². The summed E-state index contributed by atoms with van der Waals surface area (Å²) in [5.41, 5.74) is 3.66. The Hall–Kier alpha value is -3.33. The topological polar surface area (TPSA) is 92.2 Å². The number of para-hydroxylation sites is 1. The number of nitrogens with one attached hydrogen (secondary N) is 2. The highest BCUT2D eigenvalue weighted by atomic mass is 32.2. The van der Waals surface area contributed by atoms with Crippen LogP contribution < -0.4 is 15.5 Å². The summed E-state index contributed by atoms with van der Waals surface area (Å²) in [7, 11) is 0. The summed E-state index contributed by atoms with van der Waals surface area (Å²) in [5.74, 6) is 0.437. The van der Waals surface area contributed by atoms with E-state index in [0.717, 1.165) is 48.7 Å². The van der Waals surface area contributed by atoms with Crippen molar-refractivity contribution in [3.05, 3.63) is 59.7 Å². The van der Waals surface area contributed by atoms with Gasteiger partial charge in [-0.05, 0) is 56.9 Å². The molecule has 3 amide bonds. The quantitative estimate of drug-likeness (QED) is 0.528. The van der Waals surface area contributed by atoms with Crippen molar-refractivity contribution in [2.75, 3.05) is 29.1 Å². The van der Waals surface area contributed by atoms with E-state index in [1.54, 1.807) is 0 Å². The van der Waals surface area contributed by atoms with Crippen LogP contribution >= 0.6 is 11.8 Å². The van der Waals surface area contributed by atoms with Crippen LogP contribution in [0.2, 0.25) is 0 Å². The highest BCUT2D eigenvalue weighted by Gasteiger charge is 2.22. The van der Waals surface area contributed by atoms with E-state index in [0.29, 0.717) is 10.8 Å². The fourth-order valence-electron chi connectivity index (χ4n) is 3.86. The number of benzene rings is 2. The normalized spacial score (nSPS) is 13.6. The number of aromatic nitrogens is 3. The van der Waals surface area contributed by atoms with Crippen LogP contribution in [-0.4, -0.2) is 45.5 Å². The van der Waals surface area contributed by atoms with Crippen molar-refractivity contribution in [2.45, 2.75) is 38.3 Å². The van der Waals surface area contributed by atoms with Gasteiger partial charge in [-0.3, -0.25) is 14.7 Å². The first-order valence-corrected chi connectivity index (χ1v) is 12.1. The molecule has 172 valence electrons. The summed E-state index contributed by atoms with van der Waals surface area (Å²) in [4.78, 5) is 27.0. The minimum atomic E-state index is -0.550. The number of piperidine rings is 1. The summed E-state index contributed by atoms with van der Waals surface area (Å²) in [5, 5.41) is 14.5. The van der Waals surface area contributed by atoms with E-state index in [1.165, 1.54) is 18.2 Å². The number of rotatable bonds is 6. The number of hydrogen-bond acceptors (Lipinski definition) is 6. The molecule has 2 heterocycles. The molecule has 1 fully saturated rings. The molecule has 3 aromatic rings. The summed E-state index contributed by atoms with van der Waals surface area (Å²) in [6, 6.07) is 15.1. The molecule has 2 aromatic carbocycles. The minimum absolute atomic E-state index is 0.0469. The number of amides is 3. The zero-order valence-corrected chi connectivity index (χ0v) is 19.7. The van der Waals surface area contributed by atoms with Gasteiger partial charge in [0.25, 0.3) is 0 Å². The van der Waals surface area contributed by atoms with E-state index in [4.69, 9.17) is 0 Å². The van der Waals surface area contributed by atoms with E-state index < -0.39 is 11.9 Å². The van der Waals surface area contributed by atoms with Crippen molar-refractivity contribution in [2.24, 2.45) is 0 Å². The van der Waals surface area contributed by atoms with Crippen molar-refractivity contribution < 1.29 is 9.59 Å². The molecule has 4 rings (SSSR count). The third-order valence-electron chi connectivity index (χ3n) is 5.48. The van der Waals surface area contributed by atoms with Crippen LogP contribution in [0, 0.1) is 13.8 Å². The van der Waals surface area contributed by atoms with Crippen LogP contribution in [0.4, 0.5) is 16.4 Å². The fraction of sp³-hybridized carbons (Fsp3) is 0.333. The van der Waals surface area contributed by atoms with Gasteiger partial charge in [0.15, 0.2) is 5.16 Å². The number of nitrogens with zero attached hydrogens (tertiary/aromatic N) is 4. The van der Waals surface area contributed by atoms with Gasteiger partial charge in [0.1, 0.15) is 0 Å². The van der Waals surface area contributed by atoms with Gasteiger partial charge in [0.2, 0.25) is 11.9 Å². The van der Waals surface area contributed by atoms with E-state index in [-0.39, 0.29) is 5.75 Å². The summed E-state index contributed by atoms with van der Waals surface area (Å²) in [6.07, 6.45) is 3.48. The molecule has 1 saturated heterocycles. The lowest BCUT2D eigenvalue weighted by Gasteiger charge is -2.27. The second kappa shape index (κ2) is 10.5. The predicted octanol–water partition coefficient (Wildman–Crippen LogP) is 4.31. The number of urea groups is 1. The number of aryl methyl sites for hydroxylation is 2. The largest absolute Gasteiger partial charge is 0.341 e. The van der Waals surface area contributed by atoms with Gasteiger partial charge in [0.05, 0.1) is 11.4 Å². The Morgan fingerprint density at radius 3 is 2.48 bits per heavy atom. The predicted molar refractivity (Wildman–Crippen MR) is 131 cm³/mol. The van der Waals surface area contributed by atoms with Gasteiger partial charge >= 0.3 is 6.03 Å². The van der Waals surface area contributed by atoms with E-state index in [9.17, 15) is 9.59 Å². The molecule has 1 aliphatic rings. The smallest absolute Gasteiger partial charge is 0.325 e. The molecule has 1 aliphatic heterocycles. The second-order valence-corrected chi connectivity index (χ2v) is 9.05. The van der Waals surface area contributed by atoms with Gasteiger partial charge in [0, 0.05) is 18.8 Å². The molecule has 0 radical (unpaired) electrons. The first-order chi connectivity index (χ1) is 16.0. The summed E-state index contributed by atoms with van der Waals surface area (Å²) in [6.45, 7) is 5.78. The van der Waals surface area contributed by atoms with Gasteiger partial charge in [-0.25, -0.2) is 4.79 Å². The van der Waals surface area contributed by atoms with Crippen LogP contribution in [-0.2, 0) is 4.79 Å². The van der Waals surface area contributed by atoms with Gasteiger partial charge < -0.3 is 10.2 Å². The Balaban J connectivity index is 1.42. The molecule has 0 saturated carbocycles. The Kier molecular flexibility index (Phi) is 7.29. The van der Waals surface area contributed by atoms with Crippen LogP contribution in [0.5, 0.6) is 0 Å². The molecule has 1 aromatic heterocycles. The standard InChI is InChI=1S/C24H28N6O2S/c1-17-11-12-20(18(2)15-17)25-22(32)26-21(31)16-33-24-28-27-23(29-13-7-4-8-14-29)30(24)19-9-5-3-6-10-19/h3,5-6,9-12,15H,4,7-8,13-14,16H2,1-2H3,(H2,25,26,31,32). The lowest BCUT2D eigenvalue weighted by Crippen LogP contribution is -2.35. The SMILES string of the molecule is Cc1ccc(NC(=O)NC(=O)CSc2nnc(N3CCCCC3)n2-c2ccccc2)c(C)c1. The first-order valence-electron chi connectivity index (χ1n) is 11.1. The molecular formula is C24H28N6O2S. The second-order valence-electron chi connectivity index (χ2n) is 8.11. The first kappa shape index (κ1) is 22.8. The molecule has 33 heavy (non-hydrogen) atoms. The van der Waals surface area contributed by atoms with E-state index in [1.807, 2.05) is 66.9 Å². The monoisotopic (exact) mass is 464 g/mol. The molecule has 9 heteroatoms. The zero-order valence-electron chi connectivity index (χ0n) is 18.9. The van der Waals surface area contributed by atoms with Gasteiger partial charge in [-0.15, -0.1) is 10.2 Å². The van der Waals surface area contributed by atoms with E-state index >= 15 is 0 Å². The van der Waals surface area contributed by atoms with Crippen LogP contribution in [0.1, 0.15) is 30.4 Å². The molecule has 8 nitrogen and oxygen atoms in total. The molecule has 0 aliphatic carbocycles. The zero-order chi connectivity index (χ0) is 23.2. The maximum absolute atomic E-state index is 12.5. The number of thioether (sulfide) groups is 1. The van der Waals surface area contributed by atoms with Crippen molar-refractivity contribution in [1.82, 2.24) is 20.1 Å². The fourth-order valence-corrected chi connectivity index (χ4v) is 4.60. The van der Waals surface area contributed by atoms with Gasteiger partial charge in [-0.1, -0.05) is 47.7 Å². The highest BCUT2D eigenvalue weighted by Crippen LogP contribution is 2.28. The highest BCUT2D eigenvalue weighted by molar-refractivity contribution is 7.99. The summed E-state index contributed by atoms with van der Waals surface area (Å²) < 4.78 is 1.99. The van der Waals surface area contributed by atoms with Crippen LogP contribution in [0.3, 0.4) is 0 Å². The maximum atomic E-state index is 12.5. The molecule has 0 bridgehead atoms. The molecular weight excluding hydrogens is 436 g/mol. The minimum Gasteiger partial charge on any atom is -0.341 e. The number of imide groups is 1. The Morgan fingerprint density at radius 1 is 1.00 bits per heavy atom. The number of anilines is 2. The number of carbonyl (C=O) groups is 2. The van der Waals surface area contributed by atoms with E-state index in [2.05, 4.69) is 25.7 Å². The molecule has 0 spiro atoms. The third kappa shape index (κ3) is 5.73. The average Bonchev–Trinajstić information content (AvgIpc) is 3.25. The molecule has 0 atom stereocenters. The van der Waals surface area contributed by atoms with Crippen molar-refractivity contribution in [3.8, 4) is 5.69 Å². The third-order valence-corrected chi connectivity index (χ3v) is 6.41. The Labute approximate surface area is 197 Å². The maximum Gasteiger partial charge on any atom is 0.325 e. The average molecular weight is 465 g/mol. The van der Waals surface area contributed by atoms with Crippen LogP contribution in [0.15, 0.2) is 53.7 Å². The lowest BCUT2D eigenvalue weighted by atomic mass is 10.1. The number of hydrogen-bond donors (Lipinski definition) is 2. The molecule has 0 unspecified atom stereocenters. The van der Waals surface area contributed by atoms with Crippen LogP contribution in [0.25, 0.3) is 5.69 Å². The Bertz CT molecular complexity index is 1130. The summed E-state index contributed by atoms with van der Waals surface area (Å²) >= 11 is 1.26. The number of carbonyl (C=O) groups excluding carboxylic acids is 2. The van der Waals surface area contributed by atoms with Crippen molar-refractivity contribution >= 4 is 35.3 Å².